The van der Waals surface area contributed by atoms with Crippen LogP contribution in [0.2, 0.25) is 0 Å². The summed E-state index contributed by atoms with van der Waals surface area (Å²) in [7, 11) is 0. The third-order valence-corrected chi connectivity index (χ3v) is 6.29. The van der Waals surface area contributed by atoms with Crippen LogP contribution in [0.5, 0.6) is 0 Å². The molecule has 2 aromatic heterocycles. The Bertz CT molecular complexity index is 1330. The van der Waals surface area contributed by atoms with Crippen LogP contribution in [0.3, 0.4) is 0 Å². The SMILES string of the molecule is Cl.O=c1[nH]c2ccc(-n3cc(CNCC4CCC(c5ccc(F)cc5)CC4)oc3=O)cc2o1. The molecule has 174 valence electrons. The Morgan fingerprint density at radius 1 is 1.03 bits per heavy atom. The van der Waals surface area contributed by atoms with Crippen molar-refractivity contribution in [3.63, 3.8) is 0 Å². The highest BCUT2D eigenvalue weighted by Crippen LogP contribution is 2.35. The second-order valence-electron chi connectivity index (χ2n) is 8.43. The standard InChI is InChI=1S/C24H24FN3O4.ClH/c25-18-7-5-17(6-8-18)16-3-1-15(2-4-16)12-26-13-20-14-28(24(30)31-20)19-9-10-21-22(11-19)32-23(29)27-21;/h5-11,14-16,26H,1-4,12-13H2,(H,27,29);1H. The van der Waals surface area contributed by atoms with Gasteiger partial charge in [-0.25, -0.2) is 18.5 Å². The minimum Gasteiger partial charge on any atom is -0.411 e. The monoisotopic (exact) mass is 473 g/mol. The lowest BCUT2D eigenvalue weighted by molar-refractivity contribution is 0.309. The van der Waals surface area contributed by atoms with Gasteiger partial charge in [-0.05, 0) is 73.9 Å². The van der Waals surface area contributed by atoms with E-state index < -0.39 is 11.5 Å². The van der Waals surface area contributed by atoms with Crippen LogP contribution in [0.1, 0.15) is 42.9 Å². The Morgan fingerprint density at radius 3 is 2.55 bits per heavy atom. The second-order valence-corrected chi connectivity index (χ2v) is 8.43. The Kier molecular flexibility index (Phi) is 6.85. The van der Waals surface area contributed by atoms with Gasteiger partial charge in [0.15, 0.2) is 5.58 Å². The molecule has 4 aromatic rings. The molecule has 2 heterocycles. The van der Waals surface area contributed by atoms with E-state index in [0.717, 1.165) is 32.2 Å². The number of aromatic nitrogens is 2. The van der Waals surface area contributed by atoms with Gasteiger partial charge in [-0.2, -0.15) is 0 Å². The molecule has 0 aliphatic heterocycles. The molecule has 9 heteroatoms. The summed E-state index contributed by atoms with van der Waals surface area (Å²) in [5.74, 6) is 0.404. The van der Waals surface area contributed by atoms with Crippen LogP contribution in [0.4, 0.5) is 4.39 Å². The first kappa shape index (κ1) is 23.1. The summed E-state index contributed by atoms with van der Waals surface area (Å²) in [6.45, 7) is 1.31. The van der Waals surface area contributed by atoms with Crippen molar-refractivity contribution in [2.24, 2.45) is 5.92 Å². The van der Waals surface area contributed by atoms with Crippen LogP contribution in [-0.2, 0) is 6.54 Å². The molecule has 1 aliphatic carbocycles. The molecule has 0 bridgehead atoms. The van der Waals surface area contributed by atoms with E-state index in [4.69, 9.17) is 8.83 Å². The van der Waals surface area contributed by atoms with Gasteiger partial charge < -0.3 is 14.2 Å². The number of nitrogens with one attached hydrogen (secondary N) is 2. The van der Waals surface area contributed by atoms with Crippen LogP contribution in [0.25, 0.3) is 16.8 Å². The summed E-state index contributed by atoms with van der Waals surface area (Å²) in [6.07, 6.45) is 6.08. The van der Waals surface area contributed by atoms with Crippen LogP contribution in [0.15, 0.2) is 67.1 Å². The number of hydrogen-bond acceptors (Lipinski definition) is 5. The Hall–Kier alpha value is -3.10. The third kappa shape index (κ3) is 5.12. The topological polar surface area (TPSA) is 93.2 Å². The lowest BCUT2D eigenvalue weighted by atomic mass is 9.78. The van der Waals surface area contributed by atoms with Crippen molar-refractivity contribution in [2.75, 3.05) is 6.54 Å². The Labute approximate surface area is 195 Å². The van der Waals surface area contributed by atoms with Crippen molar-refractivity contribution in [3.8, 4) is 5.69 Å². The highest BCUT2D eigenvalue weighted by Gasteiger charge is 2.22. The maximum atomic E-state index is 13.1. The first-order valence-electron chi connectivity index (χ1n) is 10.9. The number of hydrogen-bond donors (Lipinski definition) is 2. The van der Waals surface area contributed by atoms with Crippen molar-refractivity contribution in [3.05, 3.63) is 86.9 Å². The summed E-state index contributed by atoms with van der Waals surface area (Å²) in [5, 5.41) is 3.40. The number of fused-ring (bicyclic) bond motifs is 1. The molecule has 7 nitrogen and oxygen atoms in total. The van der Waals surface area contributed by atoms with E-state index in [1.54, 1.807) is 24.4 Å². The minimum atomic E-state index is -0.534. The van der Waals surface area contributed by atoms with Gasteiger partial charge in [0.2, 0.25) is 0 Å². The van der Waals surface area contributed by atoms with Crippen LogP contribution in [0, 0.1) is 11.7 Å². The predicted molar refractivity (Wildman–Crippen MR) is 125 cm³/mol. The number of aromatic amines is 1. The highest BCUT2D eigenvalue weighted by molar-refractivity contribution is 5.85. The summed E-state index contributed by atoms with van der Waals surface area (Å²) >= 11 is 0. The zero-order valence-electron chi connectivity index (χ0n) is 17.9. The quantitative estimate of drug-likeness (QED) is 0.430. The largest absolute Gasteiger partial charge is 0.423 e. The molecule has 33 heavy (non-hydrogen) atoms. The smallest absolute Gasteiger partial charge is 0.411 e. The van der Waals surface area contributed by atoms with Gasteiger partial charge in [0.25, 0.3) is 0 Å². The number of benzene rings is 2. The summed E-state index contributed by atoms with van der Waals surface area (Å²) in [4.78, 5) is 26.2. The van der Waals surface area contributed by atoms with Gasteiger partial charge in [0, 0.05) is 6.07 Å². The van der Waals surface area contributed by atoms with Gasteiger partial charge in [-0.1, -0.05) is 12.1 Å². The minimum absolute atomic E-state index is 0. The fraction of sp³-hybridized carbons (Fsp3) is 0.333. The molecular weight excluding hydrogens is 449 g/mol. The zero-order valence-corrected chi connectivity index (χ0v) is 18.7. The fourth-order valence-electron chi connectivity index (χ4n) is 4.56. The van der Waals surface area contributed by atoms with E-state index in [9.17, 15) is 14.0 Å². The lowest BCUT2D eigenvalue weighted by Gasteiger charge is -2.29. The number of H-pyrrole nitrogens is 1. The van der Waals surface area contributed by atoms with Crippen LogP contribution >= 0.6 is 12.4 Å². The molecule has 1 saturated carbocycles. The molecule has 0 unspecified atom stereocenters. The van der Waals surface area contributed by atoms with Crippen molar-refractivity contribution >= 4 is 23.5 Å². The second kappa shape index (κ2) is 9.80. The summed E-state index contributed by atoms with van der Waals surface area (Å²) < 4.78 is 25.0. The molecule has 0 atom stereocenters. The molecule has 0 spiro atoms. The van der Waals surface area contributed by atoms with Gasteiger partial charge in [-0.3, -0.25) is 4.98 Å². The van der Waals surface area contributed by atoms with E-state index in [0.29, 0.717) is 40.9 Å². The van der Waals surface area contributed by atoms with E-state index in [2.05, 4.69) is 10.3 Å². The average Bonchev–Trinajstić information content (AvgIpc) is 3.35. The molecule has 2 N–H and O–H groups in total. The van der Waals surface area contributed by atoms with Gasteiger partial charge in [0.1, 0.15) is 11.6 Å². The van der Waals surface area contributed by atoms with E-state index in [1.807, 2.05) is 12.1 Å². The van der Waals surface area contributed by atoms with Crippen molar-refractivity contribution < 1.29 is 13.2 Å². The highest BCUT2D eigenvalue weighted by atomic mass is 35.5. The summed E-state index contributed by atoms with van der Waals surface area (Å²) in [6, 6.07) is 11.9. The maximum Gasteiger partial charge on any atom is 0.423 e. The van der Waals surface area contributed by atoms with E-state index >= 15 is 0 Å². The number of oxazole rings is 2. The molecule has 0 amide bonds. The Balaban J connectivity index is 0.00000259. The van der Waals surface area contributed by atoms with E-state index in [-0.39, 0.29) is 18.2 Å². The molecule has 1 fully saturated rings. The molecular formula is C24H25ClFN3O4. The molecule has 0 radical (unpaired) electrons. The van der Waals surface area contributed by atoms with Gasteiger partial charge in [-0.15, -0.1) is 12.4 Å². The number of halogens is 2. The van der Waals surface area contributed by atoms with Crippen LogP contribution < -0.4 is 16.8 Å². The van der Waals surface area contributed by atoms with Crippen molar-refractivity contribution in [1.82, 2.24) is 14.9 Å². The number of rotatable bonds is 6. The lowest BCUT2D eigenvalue weighted by Crippen LogP contribution is -2.25. The van der Waals surface area contributed by atoms with Crippen LogP contribution in [-0.4, -0.2) is 16.1 Å². The molecule has 5 rings (SSSR count). The zero-order chi connectivity index (χ0) is 22.1. The molecule has 1 aliphatic rings. The normalized spacial score (nSPS) is 18.3. The maximum absolute atomic E-state index is 13.1. The summed E-state index contributed by atoms with van der Waals surface area (Å²) in [5.41, 5.74) is 2.75. The van der Waals surface area contributed by atoms with Gasteiger partial charge >= 0.3 is 11.5 Å². The third-order valence-electron chi connectivity index (χ3n) is 6.29. The average molecular weight is 474 g/mol. The van der Waals surface area contributed by atoms with Gasteiger partial charge in [0.05, 0.1) is 23.9 Å². The molecule has 2 aromatic carbocycles. The first-order valence-corrected chi connectivity index (χ1v) is 10.9. The number of nitrogens with zero attached hydrogens (tertiary/aromatic N) is 1. The molecule has 0 saturated heterocycles. The Morgan fingerprint density at radius 2 is 1.79 bits per heavy atom. The van der Waals surface area contributed by atoms with Crippen molar-refractivity contribution in [2.45, 2.75) is 38.1 Å². The van der Waals surface area contributed by atoms with E-state index in [1.165, 1.54) is 22.3 Å². The predicted octanol–water partition coefficient (Wildman–Crippen LogP) is 4.49. The first-order chi connectivity index (χ1) is 15.5. The van der Waals surface area contributed by atoms with Crippen molar-refractivity contribution in [1.29, 1.82) is 0 Å². The fourth-order valence-corrected chi connectivity index (χ4v) is 4.56.